The molecule has 0 radical (unpaired) electrons. The number of benzene rings is 1. The van der Waals surface area contributed by atoms with E-state index >= 15 is 0 Å². The molecule has 3 aromatic rings. The van der Waals surface area contributed by atoms with Gasteiger partial charge < -0.3 is 19.0 Å². The highest BCUT2D eigenvalue weighted by molar-refractivity contribution is 6.05. The van der Waals surface area contributed by atoms with E-state index in [0.717, 1.165) is 17.6 Å². The first kappa shape index (κ1) is 16.8. The van der Waals surface area contributed by atoms with Gasteiger partial charge in [0, 0.05) is 31.7 Å². The Bertz CT molecular complexity index is 916. The van der Waals surface area contributed by atoms with Crippen molar-refractivity contribution in [2.24, 2.45) is 7.05 Å². The molecule has 1 aromatic carbocycles. The van der Waals surface area contributed by atoms with Gasteiger partial charge >= 0.3 is 0 Å². The predicted molar refractivity (Wildman–Crippen MR) is 96.9 cm³/mol. The van der Waals surface area contributed by atoms with Gasteiger partial charge in [0.2, 0.25) is 0 Å². The van der Waals surface area contributed by atoms with Gasteiger partial charge in [0.1, 0.15) is 11.8 Å². The van der Waals surface area contributed by atoms with Crippen LogP contribution in [0.3, 0.4) is 0 Å². The number of hydrogen-bond donors (Lipinski definition) is 1. The van der Waals surface area contributed by atoms with E-state index in [0.29, 0.717) is 24.3 Å². The number of furan rings is 1. The first-order valence-electron chi connectivity index (χ1n) is 8.67. The van der Waals surface area contributed by atoms with Gasteiger partial charge in [0.05, 0.1) is 36.3 Å². The van der Waals surface area contributed by atoms with Gasteiger partial charge in [-0.1, -0.05) is 18.2 Å². The molecule has 3 heterocycles. The van der Waals surface area contributed by atoms with Crippen molar-refractivity contribution in [1.29, 1.82) is 0 Å². The number of morpholine rings is 1. The summed E-state index contributed by atoms with van der Waals surface area (Å²) in [7, 11) is 4.04. The van der Waals surface area contributed by atoms with Gasteiger partial charge in [-0.3, -0.25) is 9.69 Å². The second kappa shape index (κ2) is 6.93. The van der Waals surface area contributed by atoms with Crippen LogP contribution >= 0.6 is 0 Å². The van der Waals surface area contributed by atoms with E-state index in [2.05, 4.69) is 22.2 Å². The van der Waals surface area contributed by atoms with Crippen LogP contribution in [0.5, 0.6) is 0 Å². The molecule has 0 unspecified atom stereocenters. The zero-order valence-electron chi connectivity index (χ0n) is 14.9. The van der Waals surface area contributed by atoms with Crippen LogP contribution in [0.15, 0.2) is 47.5 Å². The van der Waals surface area contributed by atoms with Crippen LogP contribution in [0.1, 0.15) is 22.1 Å². The van der Waals surface area contributed by atoms with Crippen LogP contribution in [0.4, 0.5) is 0 Å². The lowest BCUT2D eigenvalue weighted by molar-refractivity contribution is -0.0626. The lowest BCUT2D eigenvalue weighted by atomic mass is 10.0. The molecule has 4 rings (SSSR count). The molecule has 2 atom stereocenters. The molecule has 26 heavy (non-hydrogen) atoms. The fourth-order valence-electron chi connectivity index (χ4n) is 3.54. The van der Waals surface area contributed by atoms with E-state index in [-0.39, 0.29) is 18.1 Å². The molecule has 1 amide bonds. The number of nitrogens with zero attached hydrogens (tertiary/aromatic N) is 3. The molecule has 0 bridgehead atoms. The van der Waals surface area contributed by atoms with Crippen molar-refractivity contribution in [2.75, 3.05) is 26.7 Å². The highest BCUT2D eigenvalue weighted by atomic mass is 16.5. The number of amides is 1. The Morgan fingerprint density at radius 3 is 3.00 bits per heavy atom. The first-order chi connectivity index (χ1) is 12.6. The molecule has 1 saturated heterocycles. The number of fused-ring (bicyclic) bond motifs is 1. The van der Waals surface area contributed by atoms with E-state index in [1.165, 1.54) is 6.26 Å². The molecule has 0 saturated carbocycles. The largest absolute Gasteiger partial charge is 0.463 e. The first-order valence-corrected chi connectivity index (χ1v) is 8.67. The average molecular weight is 354 g/mol. The van der Waals surface area contributed by atoms with Crippen LogP contribution in [0, 0.1) is 0 Å². The van der Waals surface area contributed by atoms with Crippen LogP contribution in [-0.4, -0.2) is 53.2 Å². The van der Waals surface area contributed by atoms with Crippen LogP contribution < -0.4 is 5.32 Å². The number of hydrogen-bond acceptors (Lipinski definition) is 5. The number of para-hydroxylation sites is 1. The molecular weight excluding hydrogens is 332 g/mol. The number of carbonyl (C=O) groups excluding carboxylic acids is 1. The Morgan fingerprint density at radius 1 is 1.35 bits per heavy atom. The molecule has 0 spiro atoms. The quantitative estimate of drug-likeness (QED) is 0.775. The molecule has 2 aromatic heterocycles. The minimum atomic E-state index is -0.157. The summed E-state index contributed by atoms with van der Waals surface area (Å²) in [5.41, 5.74) is 2.32. The fraction of sp³-hybridized carbons (Fsp3) is 0.368. The third-order valence-corrected chi connectivity index (χ3v) is 4.95. The Morgan fingerprint density at radius 2 is 2.19 bits per heavy atom. The zero-order chi connectivity index (χ0) is 18.1. The smallest absolute Gasteiger partial charge is 0.255 e. The van der Waals surface area contributed by atoms with Crippen molar-refractivity contribution in [3.63, 3.8) is 0 Å². The molecule has 7 nitrogen and oxygen atoms in total. The summed E-state index contributed by atoms with van der Waals surface area (Å²) in [6, 6.07) is 7.56. The van der Waals surface area contributed by atoms with Crippen molar-refractivity contribution in [3.8, 4) is 0 Å². The van der Waals surface area contributed by atoms with Crippen molar-refractivity contribution in [1.82, 2.24) is 19.8 Å². The summed E-state index contributed by atoms with van der Waals surface area (Å²) in [5.74, 6) is -0.157. The maximum Gasteiger partial charge on any atom is 0.255 e. The van der Waals surface area contributed by atoms with Crippen molar-refractivity contribution in [3.05, 3.63) is 54.3 Å². The minimum Gasteiger partial charge on any atom is -0.463 e. The normalized spacial score (nSPS) is 21.2. The SMILES string of the molecule is CN1CCO[C@@H](CNC(=O)c2coc3ccccc23)[C@@H]1c1cncn1C. The number of ether oxygens (including phenoxy) is 1. The average Bonchev–Trinajstić information content (AvgIpc) is 3.26. The predicted octanol–water partition coefficient (Wildman–Crippen LogP) is 1.97. The van der Waals surface area contributed by atoms with Gasteiger partial charge in [0.15, 0.2) is 0 Å². The van der Waals surface area contributed by atoms with Crippen molar-refractivity contribution < 1.29 is 13.9 Å². The number of imidazole rings is 1. The number of likely N-dealkylation sites (N-methyl/N-ethyl adjacent to an activating group) is 1. The van der Waals surface area contributed by atoms with E-state index in [1.54, 1.807) is 6.33 Å². The number of aryl methyl sites for hydroxylation is 1. The zero-order valence-corrected chi connectivity index (χ0v) is 14.9. The summed E-state index contributed by atoms with van der Waals surface area (Å²) in [6.07, 6.45) is 5.00. The molecular formula is C19H22N4O3. The molecule has 1 aliphatic heterocycles. The molecule has 7 heteroatoms. The summed E-state index contributed by atoms with van der Waals surface area (Å²) in [4.78, 5) is 19.1. The third-order valence-electron chi connectivity index (χ3n) is 4.95. The van der Waals surface area contributed by atoms with Crippen LogP contribution in [0.2, 0.25) is 0 Å². The molecule has 0 aliphatic carbocycles. The van der Waals surface area contributed by atoms with Crippen molar-refractivity contribution >= 4 is 16.9 Å². The van der Waals surface area contributed by atoms with E-state index < -0.39 is 0 Å². The van der Waals surface area contributed by atoms with Gasteiger partial charge in [-0.2, -0.15) is 0 Å². The van der Waals surface area contributed by atoms with Gasteiger partial charge in [-0.05, 0) is 13.1 Å². The maximum absolute atomic E-state index is 12.6. The van der Waals surface area contributed by atoms with E-state index in [9.17, 15) is 4.79 Å². The number of rotatable bonds is 4. The minimum absolute atomic E-state index is 0.0395. The van der Waals surface area contributed by atoms with Crippen LogP contribution in [-0.2, 0) is 11.8 Å². The second-order valence-corrected chi connectivity index (χ2v) is 6.62. The fourth-order valence-corrected chi connectivity index (χ4v) is 3.54. The Balaban J connectivity index is 1.50. The second-order valence-electron chi connectivity index (χ2n) is 6.62. The number of aromatic nitrogens is 2. The number of nitrogens with one attached hydrogen (secondary N) is 1. The number of carbonyl (C=O) groups is 1. The maximum atomic E-state index is 12.6. The summed E-state index contributed by atoms with van der Waals surface area (Å²) >= 11 is 0. The standard InChI is InChI=1S/C19H22N4O3/c1-22-7-8-25-17(18(22)15-9-20-12-23(15)2)10-21-19(24)14-11-26-16-6-4-3-5-13(14)16/h3-6,9,11-12,17-18H,7-8,10H2,1-2H3,(H,21,24)/t17-,18-/m0/s1. The Labute approximate surface area is 151 Å². The molecule has 1 fully saturated rings. The van der Waals surface area contributed by atoms with Gasteiger partial charge in [-0.15, -0.1) is 0 Å². The summed E-state index contributed by atoms with van der Waals surface area (Å²) in [5, 5.41) is 3.81. The summed E-state index contributed by atoms with van der Waals surface area (Å²) in [6.45, 7) is 1.89. The Hall–Kier alpha value is -2.64. The monoisotopic (exact) mass is 354 g/mol. The lowest BCUT2D eigenvalue weighted by Crippen LogP contribution is -2.48. The highest BCUT2D eigenvalue weighted by Crippen LogP contribution is 2.28. The molecule has 1 N–H and O–H groups in total. The highest BCUT2D eigenvalue weighted by Gasteiger charge is 2.33. The van der Waals surface area contributed by atoms with Crippen LogP contribution in [0.25, 0.3) is 11.0 Å². The van der Waals surface area contributed by atoms with E-state index in [1.807, 2.05) is 42.1 Å². The van der Waals surface area contributed by atoms with Gasteiger partial charge in [0.25, 0.3) is 5.91 Å². The van der Waals surface area contributed by atoms with Gasteiger partial charge in [-0.25, -0.2) is 4.98 Å². The summed E-state index contributed by atoms with van der Waals surface area (Å²) < 4.78 is 13.4. The lowest BCUT2D eigenvalue weighted by Gasteiger charge is -2.39. The van der Waals surface area contributed by atoms with Crippen molar-refractivity contribution in [2.45, 2.75) is 12.1 Å². The topological polar surface area (TPSA) is 72.5 Å². The Kier molecular flexibility index (Phi) is 4.48. The van der Waals surface area contributed by atoms with E-state index in [4.69, 9.17) is 9.15 Å². The molecule has 136 valence electrons. The molecule has 1 aliphatic rings. The third kappa shape index (κ3) is 3.00.